The lowest BCUT2D eigenvalue weighted by Crippen LogP contribution is -2.53. The molecule has 2 fully saturated rings. The second kappa shape index (κ2) is 7.40. The fraction of sp³-hybridized carbons (Fsp3) is 0.733. The van der Waals surface area contributed by atoms with E-state index in [0.717, 1.165) is 18.5 Å². The minimum atomic E-state index is -3.34. The van der Waals surface area contributed by atoms with Crippen LogP contribution in [-0.2, 0) is 22.1 Å². The van der Waals surface area contributed by atoms with Crippen LogP contribution in [0.15, 0.2) is 6.20 Å². The van der Waals surface area contributed by atoms with E-state index in [1.54, 1.807) is 15.2 Å². The number of aryl methyl sites for hydroxylation is 1. The molecule has 1 aromatic rings. The Bertz CT molecular complexity index is 718. The van der Waals surface area contributed by atoms with Crippen molar-refractivity contribution in [2.75, 3.05) is 51.1 Å². The maximum Gasteiger partial charge on any atom is 0.282 e. The molecule has 25 heavy (non-hydrogen) atoms. The maximum absolute atomic E-state index is 12.5. The SMILES string of the molecule is Cc1c(NC(=O)CN2CCN(S(=O)(=O)N3CCCC3)CC2)cnn1C. The van der Waals surface area contributed by atoms with Crippen molar-refractivity contribution in [3.05, 3.63) is 11.9 Å². The topological polar surface area (TPSA) is 90.8 Å². The molecule has 3 heterocycles. The first-order valence-corrected chi connectivity index (χ1v) is 10.0. The largest absolute Gasteiger partial charge is 0.322 e. The molecule has 9 nitrogen and oxygen atoms in total. The van der Waals surface area contributed by atoms with E-state index in [0.29, 0.717) is 45.0 Å². The molecule has 0 unspecified atom stereocenters. The highest BCUT2D eigenvalue weighted by Gasteiger charge is 2.33. The quantitative estimate of drug-likeness (QED) is 0.763. The van der Waals surface area contributed by atoms with Crippen molar-refractivity contribution in [2.24, 2.45) is 7.05 Å². The number of carbonyl (C=O) groups excluding carboxylic acids is 1. The Morgan fingerprint density at radius 2 is 1.72 bits per heavy atom. The van der Waals surface area contributed by atoms with Crippen molar-refractivity contribution in [1.29, 1.82) is 0 Å². The van der Waals surface area contributed by atoms with E-state index in [1.165, 1.54) is 4.31 Å². The van der Waals surface area contributed by atoms with Crippen LogP contribution in [0.1, 0.15) is 18.5 Å². The van der Waals surface area contributed by atoms with E-state index < -0.39 is 10.2 Å². The van der Waals surface area contributed by atoms with Crippen molar-refractivity contribution >= 4 is 21.8 Å². The summed E-state index contributed by atoms with van der Waals surface area (Å²) in [6.45, 7) is 5.37. The Balaban J connectivity index is 1.49. The number of hydrogen-bond acceptors (Lipinski definition) is 5. The molecule has 2 aliphatic rings. The van der Waals surface area contributed by atoms with Crippen LogP contribution in [0.5, 0.6) is 0 Å². The predicted molar refractivity (Wildman–Crippen MR) is 94.3 cm³/mol. The third kappa shape index (κ3) is 4.02. The molecule has 0 bridgehead atoms. The number of carbonyl (C=O) groups is 1. The molecular formula is C15H26N6O3S. The highest BCUT2D eigenvalue weighted by atomic mass is 32.2. The molecule has 0 aromatic carbocycles. The number of amides is 1. The van der Waals surface area contributed by atoms with Gasteiger partial charge >= 0.3 is 0 Å². The van der Waals surface area contributed by atoms with Crippen LogP contribution in [0.25, 0.3) is 0 Å². The van der Waals surface area contributed by atoms with Gasteiger partial charge < -0.3 is 5.32 Å². The third-order valence-corrected chi connectivity index (χ3v) is 6.96. The highest BCUT2D eigenvalue weighted by molar-refractivity contribution is 7.86. The van der Waals surface area contributed by atoms with Gasteiger partial charge in [-0.3, -0.25) is 14.4 Å². The molecule has 3 rings (SSSR count). The maximum atomic E-state index is 12.5. The fourth-order valence-corrected chi connectivity index (χ4v) is 4.89. The summed E-state index contributed by atoms with van der Waals surface area (Å²) in [4.78, 5) is 14.2. The molecule has 1 aromatic heterocycles. The van der Waals surface area contributed by atoms with Gasteiger partial charge in [0.25, 0.3) is 10.2 Å². The summed E-state index contributed by atoms with van der Waals surface area (Å²) in [5, 5.41) is 6.96. The van der Waals surface area contributed by atoms with Crippen LogP contribution in [0.2, 0.25) is 0 Å². The number of nitrogens with zero attached hydrogens (tertiary/aromatic N) is 5. The van der Waals surface area contributed by atoms with Crippen molar-refractivity contribution in [2.45, 2.75) is 19.8 Å². The van der Waals surface area contributed by atoms with Crippen molar-refractivity contribution in [1.82, 2.24) is 23.3 Å². The van der Waals surface area contributed by atoms with Crippen molar-refractivity contribution in [3.8, 4) is 0 Å². The van der Waals surface area contributed by atoms with Crippen LogP contribution < -0.4 is 5.32 Å². The molecule has 1 amide bonds. The van der Waals surface area contributed by atoms with Gasteiger partial charge in [0, 0.05) is 46.3 Å². The molecule has 2 aliphatic heterocycles. The predicted octanol–water partition coefficient (Wildman–Crippen LogP) is -0.375. The van der Waals surface area contributed by atoms with Gasteiger partial charge in [-0.25, -0.2) is 0 Å². The second-order valence-corrected chi connectivity index (χ2v) is 8.53. The zero-order chi connectivity index (χ0) is 18.0. The summed E-state index contributed by atoms with van der Waals surface area (Å²) in [6.07, 6.45) is 3.51. The molecule has 1 N–H and O–H groups in total. The average molecular weight is 370 g/mol. The van der Waals surface area contributed by atoms with Gasteiger partial charge in [-0.2, -0.15) is 22.1 Å². The monoisotopic (exact) mass is 370 g/mol. The zero-order valence-electron chi connectivity index (χ0n) is 14.8. The van der Waals surface area contributed by atoms with Gasteiger partial charge in [0.15, 0.2) is 0 Å². The van der Waals surface area contributed by atoms with E-state index in [-0.39, 0.29) is 12.5 Å². The lowest BCUT2D eigenvalue weighted by atomic mass is 10.3. The van der Waals surface area contributed by atoms with E-state index >= 15 is 0 Å². The lowest BCUT2D eigenvalue weighted by molar-refractivity contribution is -0.117. The minimum Gasteiger partial charge on any atom is -0.322 e. The molecule has 140 valence electrons. The number of aromatic nitrogens is 2. The Morgan fingerprint density at radius 3 is 2.28 bits per heavy atom. The number of anilines is 1. The normalized spacial score (nSPS) is 20.9. The van der Waals surface area contributed by atoms with Gasteiger partial charge in [-0.05, 0) is 19.8 Å². The molecular weight excluding hydrogens is 344 g/mol. The Labute approximate surface area is 148 Å². The summed E-state index contributed by atoms with van der Waals surface area (Å²) in [6, 6.07) is 0. The number of piperazine rings is 1. The highest BCUT2D eigenvalue weighted by Crippen LogP contribution is 2.18. The van der Waals surface area contributed by atoms with E-state index in [1.807, 2.05) is 18.9 Å². The third-order valence-electron chi connectivity index (χ3n) is 4.93. The van der Waals surface area contributed by atoms with E-state index in [9.17, 15) is 13.2 Å². The standard InChI is InChI=1S/C15H26N6O3S/c1-13-14(11-16-18(13)2)17-15(22)12-19-7-9-21(10-8-19)25(23,24)20-5-3-4-6-20/h11H,3-10,12H2,1-2H3,(H,17,22). The van der Waals surface area contributed by atoms with Crippen LogP contribution in [-0.4, -0.2) is 83.4 Å². The number of hydrogen-bond donors (Lipinski definition) is 1. The molecule has 0 saturated carbocycles. The van der Waals surface area contributed by atoms with Gasteiger partial charge in [0.1, 0.15) is 0 Å². The summed E-state index contributed by atoms with van der Waals surface area (Å²) >= 11 is 0. The summed E-state index contributed by atoms with van der Waals surface area (Å²) in [7, 11) is -1.51. The van der Waals surface area contributed by atoms with Gasteiger partial charge in [-0.1, -0.05) is 0 Å². The Kier molecular flexibility index (Phi) is 5.42. The summed E-state index contributed by atoms with van der Waals surface area (Å²) in [5.41, 5.74) is 1.61. The molecule has 0 radical (unpaired) electrons. The first-order valence-electron chi connectivity index (χ1n) is 8.64. The Hall–Kier alpha value is -1.49. The fourth-order valence-electron chi connectivity index (χ4n) is 3.21. The first kappa shape index (κ1) is 18.3. The second-order valence-electron chi connectivity index (χ2n) is 6.60. The van der Waals surface area contributed by atoms with E-state index in [4.69, 9.17) is 0 Å². The lowest BCUT2D eigenvalue weighted by Gasteiger charge is -2.35. The van der Waals surface area contributed by atoms with Gasteiger partial charge in [0.2, 0.25) is 5.91 Å². The smallest absolute Gasteiger partial charge is 0.282 e. The Morgan fingerprint density at radius 1 is 1.12 bits per heavy atom. The van der Waals surface area contributed by atoms with Gasteiger partial charge in [0.05, 0.1) is 24.1 Å². The van der Waals surface area contributed by atoms with Gasteiger partial charge in [-0.15, -0.1) is 0 Å². The number of rotatable bonds is 5. The zero-order valence-corrected chi connectivity index (χ0v) is 15.6. The average Bonchev–Trinajstić information content (AvgIpc) is 3.22. The molecule has 10 heteroatoms. The molecule has 0 aliphatic carbocycles. The number of nitrogens with one attached hydrogen (secondary N) is 1. The van der Waals surface area contributed by atoms with Crippen LogP contribution >= 0.6 is 0 Å². The van der Waals surface area contributed by atoms with Crippen molar-refractivity contribution in [3.63, 3.8) is 0 Å². The van der Waals surface area contributed by atoms with Crippen molar-refractivity contribution < 1.29 is 13.2 Å². The summed E-state index contributed by atoms with van der Waals surface area (Å²) in [5.74, 6) is -0.105. The molecule has 0 atom stereocenters. The first-order chi connectivity index (χ1) is 11.9. The van der Waals surface area contributed by atoms with E-state index in [2.05, 4.69) is 10.4 Å². The molecule has 2 saturated heterocycles. The molecule has 0 spiro atoms. The van der Waals surface area contributed by atoms with Crippen LogP contribution in [0, 0.1) is 6.92 Å². The van der Waals surface area contributed by atoms with Crippen LogP contribution in [0.4, 0.5) is 5.69 Å². The minimum absolute atomic E-state index is 0.105. The summed E-state index contributed by atoms with van der Waals surface area (Å²) < 4.78 is 29.9. The van der Waals surface area contributed by atoms with Crippen LogP contribution in [0.3, 0.4) is 0 Å².